The molecule has 0 fully saturated rings. The minimum absolute atomic E-state index is 0.0699. The lowest BCUT2D eigenvalue weighted by Crippen LogP contribution is -2.21. The predicted molar refractivity (Wildman–Crippen MR) is 91.3 cm³/mol. The normalized spacial score (nSPS) is 11.0. The molecule has 0 aliphatic carbocycles. The maximum atomic E-state index is 12.7. The van der Waals surface area contributed by atoms with E-state index in [2.05, 4.69) is 10.6 Å². The van der Waals surface area contributed by atoms with E-state index in [1.807, 2.05) is 0 Å². The van der Waals surface area contributed by atoms with Crippen LogP contribution in [-0.2, 0) is 15.8 Å². The van der Waals surface area contributed by atoms with Gasteiger partial charge in [-0.05, 0) is 30.3 Å². The first-order chi connectivity index (χ1) is 12.2. The van der Waals surface area contributed by atoms with E-state index in [1.165, 1.54) is 7.11 Å². The quantitative estimate of drug-likeness (QED) is 0.751. The summed E-state index contributed by atoms with van der Waals surface area (Å²) in [7, 11) is 1.47. The van der Waals surface area contributed by atoms with Crippen LogP contribution in [0.2, 0.25) is 5.02 Å². The van der Waals surface area contributed by atoms with Crippen molar-refractivity contribution < 1.29 is 27.5 Å². The molecule has 0 atom stereocenters. The highest BCUT2D eigenvalue weighted by atomic mass is 35.5. The van der Waals surface area contributed by atoms with Gasteiger partial charge in [-0.3, -0.25) is 9.59 Å². The van der Waals surface area contributed by atoms with Crippen LogP contribution < -0.4 is 15.4 Å². The van der Waals surface area contributed by atoms with Crippen molar-refractivity contribution >= 4 is 34.8 Å². The number of alkyl halides is 3. The van der Waals surface area contributed by atoms with Gasteiger partial charge in [-0.2, -0.15) is 13.2 Å². The van der Waals surface area contributed by atoms with E-state index >= 15 is 0 Å². The molecule has 26 heavy (non-hydrogen) atoms. The van der Waals surface area contributed by atoms with Gasteiger partial charge in [0.15, 0.2) is 0 Å². The number of anilines is 2. The van der Waals surface area contributed by atoms with Crippen LogP contribution in [0.25, 0.3) is 0 Å². The summed E-state index contributed by atoms with van der Waals surface area (Å²) in [5, 5.41) is 4.63. The van der Waals surface area contributed by atoms with Crippen LogP contribution in [0.15, 0.2) is 42.5 Å². The molecular formula is C17H14ClF3N2O3. The van der Waals surface area contributed by atoms with E-state index in [1.54, 1.807) is 24.3 Å². The average molecular weight is 387 g/mol. The zero-order valence-electron chi connectivity index (χ0n) is 13.5. The van der Waals surface area contributed by atoms with Crippen molar-refractivity contribution in [2.24, 2.45) is 0 Å². The minimum Gasteiger partial charge on any atom is -0.497 e. The number of nitrogens with one attached hydrogen (secondary N) is 2. The smallest absolute Gasteiger partial charge is 0.416 e. The highest BCUT2D eigenvalue weighted by Gasteiger charge is 2.31. The van der Waals surface area contributed by atoms with Crippen LogP contribution in [0.4, 0.5) is 24.5 Å². The molecule has 2 aromatic carbocycles. The second kappa shape index (κ2) is 8.09. The summed E-state index contributed by atoms with van der Waals surface area (Å²) in [5.74, 6) is -0.923. The molecule has 0 saturated heterocycles. The molecule has 5 nitrogen and oxygen atoms in total. The summed E-state index contributed by atoms with van der Waals surface area (Å²) in [4.78, 5) is 23.8. The summed E-state index contributed by atoms with van der Waals surface area (Å²) in [5.41, 5.74) is -0.766. The second-order valence-corrected chi connectivity index (χ2v) is 5.60. The molecule has 0 unspecified atom stereocenters. The zero-order chi connectivity index (χ0) is 19.3. The number of carbonyl (C=O) groups is 2. The van der Waals surface area contributed by atoms with Gasteiger partial charge in [-0.25, -0.2) is 0 Å². The number of rotatable bonds is 5. The van der Waals surface area contributed by atoms with Crippen molar-refractivity contribution in [2.45, 2.75) is 12.6 Å². The first-order valence-electron chi connectivity index (χ1n) is 7.29. The van der Waals surface area contributed by atoms with E-state index in [0.29, 0.717) is 17.5 Å². The van der Waals surface area contributed by atoms with Crippen molar-refractivity contribution in [3.8, 4) is 5.75 Å². The molecule has 138 valence electrons. The fourth-order valence-electron chi connectivity index (χ4n) is 2.04. The van der Waals surface area contributed by atoms with Crippen molar-refractivity contribution in [2.75, 3.05) is 17.7 Å². The van der Waals surface area contributed by atoms with Crippen LogP contribution in [0.1, 0.15) is 12.0 Å². The molecule has 0 bridgehead atoms. The maximum Gasteiger partial charge on any atom is 0.416 e. The summed E-state index contributed by atoms with van der Waals surface area (Å²) in [6.45, 7) is 0. The third kappa shape index (κ3) is 5.38. The van der Waals surface area contributed by atoms with Gasteiger partial charge in [0.1, 0.15) is 12.2 Å². The van der Waals surface area contributed by atoms with E-state index in [-0.39, 0.29) is 10.7 Å². The number of halogens is 4. The lowest BCUT2D eigenvalue weighted by atomic mass is 10.2. The average Bonchev–Trinajstić information content (AvgIpc) is 2.55. The standard InChI is InChI=1S/C17H14ClF3N2O3/c1-26-12-4-2-3-11(8-12)22-15(24)9-16(25)23-14-7-10(17(19,20)21)5-6-13(14)18/h2-8H,9H2,1H3,(H,22,24)(H,23,25). The molecule has 0 aliphatic rings. The molecule has 2 N–H and O–H groups in total. The van der Waals surface area contributed by atoms with E-state index in [4.69, 9.17) is 16.3 Å². The molecule has 0 heterocycles. The Morgan fingerprint density at radius 2 is 1.77 bits per heavy atom. The Hall–Kier alpha value is -2.74. The van der Waals surface area contributed by atoms with Gasteiger partial charge in [-0.1, -0.05) is 17.7 Å². The molecule has 0 spiro atoms. The van der Waals surface area contributed by atoms with Crippen molar-refractivity contribution in [3.63, 3.8) is 0 Å². The first-order valence-corrected chi connectivity index (χ1v) is 7.67. The fraction of sp³-hybridized carbons (Fsp3) is 0.176. The monoisotopic (exact) mass is 386 g/mol. The van der Waals surface area contributed by atoms with Gasteiger partial charge in [-0.15, -0.1) is 0 Å². The summed E-state index contributed by atoms with van der Waals surface area (Å²) >= 11 is 5.79. The van der Waals surface area contributed by atoms with Gasteiger partial charge in [0, 0.05) is 11.8 Å². The number of hydrogen-bond donors (Lipinski definition) is 2. The zero-order valence-corrected chi connectivity index (χ0v) is 14.2. The number of methoxy groups -OCH3 is 1. The Morgan fingerprint density at radius 1 is 1.08 bits per heavy atom. The van der Waals surface area contributed by atoms with E-state index in [9.17, 15) is 22.8 Å². The van der Waals surface area contributed by atoms with Crippen LogP contribution in [0.5, 0.6) is 5.75 Å². The molecule has 0 aromatic heterocycles. The third-order valence-corrected chi connectivity index (χ3v) is 3.57. The number of benzene rings is 2. The molecule has 2 rings (SSSR count). The lowest BCUT2D eigenvalue weighted by molar-refractivity contribution is -0.137. The largest absolute Gasteiger partial charge is 0.497 e. The van der Waals surface area contributed by atoms with Crippen molar-refractivity contribution in [3.05, 3.63) is 53.1 Å². The van der Waals surface area contributed by atoms with E-state index < -0.39 is 30.0 Å². The van der Waals surface area contributed by atoms with Gasteiger partial charge in [0.25, 0.3) is 0 Å². The molecule has 0 aliphatic heterocycles. The predicted octanol–water partition coefficient (Wildman–Crippen LogP) is 4.33. The molecule has 2 amide bonds. The van der Waals surface area contributed by atoms with Crippen LogP contribution in [0.3, 0.4) is 0 Å². The molecule has 0 saturated carbocycles. The molecular weight excluding hydrogens is 373 g/mol. The Balaban J connectivity index is 2.01. The highest BCUT2D eigenvalue weighted by molar-refractivity contribution is 6.33. The maximum absolute atomic E-state index is 12.7. The van der Waals surface area contributed by atoms with Crippen molar-refractivity contribution in [1.82, 2.24) is 0 Å². The highest BCUT2D eigenvalue weighted by Crippen LogP contribution is 2.33. The topological polar surface area (TPSA) is 67.4 Å². The van der Waals surface area contributed by atoms with Gasteiger partial charge < -0.3 is 15.4 Å². The molecule has 9 heteroatoms. The Morgan fingerprint density at radius 3 is 2.42 bits per heavy atom. The number of carbonyl (C=O) groups excluding carboxylic acids is 2. The van der Waals surface area contributed by atoms with Crippen LogP contribution >= 0.6 is 11.6 Å². The Kier molecular flexibility index (Phi) is 6.10. The van der Waals surface area contributed by atoms with Crippen LogP contribution in [-0.4, -0.2) is 18.9 Å². The molecule has 2 aromatic rings. The lowest BCUT2D eigenvalue weighted by Gasteiger charge is -2.12. The van der Waals surface area contributed by atoms with Gasteiger partial charge in [0.2, 0.25) is 11.8 Å². The number of ether oxygens (including phenoxy) is 1. The van der Waals surface area contributed by atoms with E-state index in [0.717, 1.165) is 12.1 Å². The summed E-state index contributed by atoms with van der Waals surface area (Å²) in [6.07, 6.45) is -5.17. The van der Waals surface area contributed by atoms with Crippen LogP contribution in [0, 0.1) is 0 Å². The van der Waals surface area contributed by atoms with Gasteiger partial charge in [0.05, 0.1) is 23.4 Å². The molecule has 0 radical (unpaired) electrons. The SMILES string of the molecule is COc1cccc(NC(=O)CC(=O)Nc2cc(C(F)(F)F)ccc2Cl)c1. The fourth-order valence-corrected chi connectivity index (χ4v) is 2.21. The Labute approximate surface area is 152 Å². The number of amides is 2. The van der Waals surface area contributed by atoms with Gasteiger partial charge >= 0.3 is 6.18 Å². The summed E-state index contributed by atoms with van der Waals surface area (Å²) < 4.78 is 43.2. The summed E-state index contributed by atoms with van der Waals surface area (Å²) in [6, 6.07) is 9.01. The third-order valence-electron chi connectivity index (χ3n) is 3.24. The number of hydrogen-bond acceptors (Lipinski definition) is 3. The minimum atomic E-state index is -4.58. The Bertz CT molecular complexity index is 825. The van der Waals surface area contributed by atoms with Crippen molar-refractivity contribution in [1.29, 1.82) is 0 Å². The second-order valence-electron chi connectivity index (χ2n) is 5.20. The first kappa shape index (κ1) is 19.6.